The van der Waals surface area contributed by atoms with Gasteiger partial charge in [-0.1, -0.05) is 35.9 Å². The molecular weight excluding hydrogens is 376 g/mol. The molecule has 1 heterocycles. The van der Waals surface area contributed by atoms with Crippen molar-refractivity contribution in [2.45, 2.75) is 40.3 Å². The van der Waals surface area contributed by atoms with Gasteiger partial charge >= 0.3 is 0 Å². The first-order valence-corrected chi connectivity index (χ1v) is 10.4. The Hall–Kier alpha value is -2.86. The summed E-state index contributed by atoms with van der Waals surface area (Å²) in [6, 6.07) is 12.6. The van der Waals surface area contributed by atoms with E-state index in [9.17, 15) is 9.59 Å². The molecule has 160 valence electrons. The molecule has 2 aromatic rings. The fourth-order valence-corrected chi connectivity index (χ4v) is 4.19. The molecule has 6 heteroatoms. The number of nitrogens with one attached hydrogen (secondary N) is 2. The number of likely N-dealkylation sites (N-methyl/N-ethyl adjacent to an activating group) is 1. The second kappa shape index (κ2) is 9.30. The molecule has 1 aliphatic heterocycles. The van der Waals surface area contributed by atoms with Gasteiger partial charge < -0.3 is 15.5 Å². The second-order valence-electron chi connectivity index (χ2n) is 8.36. The summed E-state index contributed by atoms with van der Waals surface area (Å²) in [7, 11) is 2.08. The Labute approximate surface area is 179 Å². The van der Waals surface area contributed by atoms with E-state index in [-0.39, 0.29) is 30.9 Å². The number of fused-ring (bicyclic) bond motifs is 1. The van der Waals surface area contributed by atoms with Gasteiger partial charge in [0.15, 0.2) is 0 Å². The first-order valence-electron chi connectivity index (χ1n) is 10.4. The van der Waals surface area contributed by atoms with Gasteiger partial charge in [-0.05, 0) is 50.5 Å². The van der Waals surface area contributed by atoms with Crippen molar-refractivity contribution in [1.29, 1.82) is 0 Å². The number of amides is 2. The second-order valence-corrected chi connectivity index (χ2v) is 8.36. The standard InChI is InChI=1S/C24H32N4O2/c1-16-10-17(2)24(18(3)11-16)26-22(29)12-25-23(30)15-28-14-20-8-6-7-9-21(20)27(5)13-19(28)4/h6-11,19H,12-15H2,1-5H3,(H,25,30)(H,26,29)/t19-/m0/s1. The Balaban J connectivity index is 1.56. The van der Waals surface area contributed by atoms with Crippen molar-refractivity contribution in [1.82, 2.24) is 10.2 Å². The number of nitrogens with zero attached hydrogens (tertiary/aromatic N) is 2. The molecule has 30 heavy (non-hydrogen) atoms. The van der Waals surface area contributed by atoms with Crippen LogP contribution < -0.4 is 15.5 Å². The van der Waals surface area contributed by atoms with E-state index in [1.807, 2.05) is 45.0 Å². The molecule has 2 N–H and O–H groups in total. The van der Waals surface area contributed by atoms with E-state index >= 15 is 0 Å². The lowest BCUT2D eigenvalue weighted by Crippen LogP contribution is -2.45. The van der Waals surface area contributed by atoms with Gasteiger partial charge in [-0.15, -0.1) is 0 Å². The topological polar surface area (TPSA) is 64.7 Å². The minimum absolute atomic E-state index is 0.0374. The lowest BCUT2D eigenvalue weighted by atomic mass is 10.1. The predicted octanol–water partition coefficient (Wildman–Crippen LogP) is 3.01. The molecule has 1 aliphatic rings. The minimum atomic E-state index is -0.215. The van der Waals surface area contributed by atoms with Gasteiger partial charge in [0.2, 0.25) is 11.8 Å². The fraction of sp³-hybridized carbons (Fsp3) is 0.417. The molecule has 0 unspecified atom stereocenters. The zero-order valence-electron chi connectivity index (χ0n) is 18.6. The van der Waals surface area contributed by atoms with Gasteiger partial charge in [0.05, 0.1) is 13.1 Å². The van der Waals surface area contributed by atoms with Crippen LogP contribution in [0.15, 0.2) is 36.4 Å². The maximum atomic E-state index is 12.6. The van der Waals surface area contributed by atoms with E-state index in [4.69, 9.17) is 0 Å². The Morgan fingerprint density at radius 3 is 2.43 bits per heavy atom. The summed E-state index contributed by atoms with van der Waals surface area (Å²) in [5.41, 5.74) is 6.44. The Morgan fingerprint density at radius 1 is 1.07 bits per heavy atom. The van der Waals surface area contributed by atoms with Crippen LogP contribution in [0.3, 0.4) is 0 Å². The highest BCUT2D eigenvalue weighted by atomic mass is 16.2. The number of anilines is 2. The van der Waals surface area contributed by atoms with Crippen molar-refractivity contribution in [3.05, 3.63) is 58.7 Å². The lowest BCUT2D eigenvalue weighted by Gasteiger charge is -2.27. The molecule has 1 atom stereocenters. The van der Waals surface area contributed by atoms with Gasteiger partial charge in [-0.3, -0.25) is 14.5 Å². The molecule has 2 amide bonds. The van der Waals surface area contributed by atoms with Gasteiger partial charge in [0.1, 0.15) is 0 Å². The van der Waals surface area contributed by atoms with Crippen LogP contribution in [0, 0.1) is 20.8 Å². The van der Waals surface area contributed by atoms with Gasteiger partial charge in [0.25, 0.3) is 0 Å². The van der Waals surface area contributed by atoms with Crippen LogP contribution in [0.1, 0.15) is 29.2 Å². The third-order valence-electron chi connectivity index (χ3n) is 5.67. The molecule has 2 aromatic carbocycles. The largest absolute Gasteiger partial charge is 0.373 e. The van der Waals surface area contributed by atoms with Crippen LogP contribution in [0.5, 0.6) is 0 Å². The molecule has 0 aromatic heterocycles. The summed E-state index contributed by atoms with van der Waals surface area (Å²) < 4.78 is 0. The normalized spacial score (nSPS) is 16.6. The van der Waals surface area contributed by atoms with E-state index in [0.29, 0.717) is 6.54 Å². The van der Waals surface area contributed by atoms with Crippen LogP contribution in [-0.2, 0) is 16.1 Å². The monoisotopic (exact) mass is 408 g/mol. The van der Waals surface area contributed by atoms with Crippen LogP contribution in [0.4, 0.5) is 11.4 Å². The summed E-state index contributed by atoms with van der Waals surface area (Å²) in [6.45, 7) is 9.90. The fourth-order valence-electron chi connectivity index (χ4n) is 4.19. The number of benzene rings is 2. The van der Waals surface area contributed by atoms with Gasteiger partial charge in [-0.25, -0.2) is 0 Å². The summed E-state index contributed by atoms with van der Waals surface area (Å²) >= 11 is 0. The minimum Gasteiger partial charge on any atom is -0.373 e. The molecule has 0 spiro atoms. The van der Waals surface area contributed by atoms with Gasteiger partial charge in [0, 0.05) is 37.6 Å². The quantitative estimate of drug-likeness (QED) is 0.798. The van der Waals surface area contributed by atoms with Crippen molar-refractivity contribution in [3.8, 4) is 0 Å². The van der Waals surface area contributed by atoms with Crippen LogP contribution in [0.25, 0.3) is 0 Å². The molecular formula is C24H32N4O2. The zero-order chi connectivity index (χ0) is 21.8. The first-order chi connectivity index (χ1) is 14.2. The number of rotatable bonds is 5. The average Bonchev–Trinajstić information content (AvgIpc) is 2.79. The highest BCUT2D eigenvalue weighted by Crippen LogP contribution is 2.25. The van der Waals surface area contributed by atoms with Gasteiger partial charge in [-0.2, -0.15) is 0 Å². The van der Waals surface area contributed by atoms with Crippen molar-refractivity contribution in [2.75, 3.05) is 36.9 Å². The number of carbonyl (C=O) groups is 2. The molecule has 0 radical (unpaired) electrons. The summed E-state index contributed by atoms with van der Waals surface area (Å²) in [6.07, 6.45) is 0. The number of aryl methyl sites for hydroxylation is 3. The maximum Gasteiger partial charge on any atom is 0.243 e. The Bertz CT molecular complexity index is 918. The Kier molecular flexibility index (Phi) is 6.77. The molecule has 0 saturated carbocycles. The third kappa shape index (κ3) is 5.19. The maximum absolute atomic E-state index is 12.6. The van der Waals surface area contributed by atoms with Crippen molar-refractivity contribution >= 4 is 23.2 Å². The molecule has 0 fully saturated rings. The zero-order valence-corrected chi connectivity index (χ0v) is 18.6. The third-order valence-corrected chi connectivity index (χ3v) is 5.67. The number of carbonyl (C=O) groups excluding carboxylic acids is 2. The number of para-hydroxylation sites is 1. The van der Waals surface area contributed by atoms with Crippen LogP contribution in [0.2, 0.25) is 0 Å². The number of hydrogen-bond donors (Lipinski definition) is 2. The average molecular weight is 409 g/mol. The van der Waals surface area contributed by atoms with Crippen molar-refractivity contribution in [3.63, 3.8) is 0 Å². The smallest absolute Gasteiger partial charge is 0.243 e. The molecule has 0 bridgehead atoms. The van der Waals surface area contributed by atoms with E-state index in [0.717, 1.165) is 28.9 Å². The van der Waals surface area contributed by atoms with Crippen LogP contribution in [-0.4, -0.2) is 49.4 Å². The van der Waals surface area contributed by atoms with E-state index in [1.54, 1.807) is 0 Å². The Morgan fingerprint density at radius 2 is 1.73 bits per heavy atom. The highest BCUT2D eigenvalue weighted by molar-refractivity contribution is 5.96. The summed E-state index contributed by atoms with van der Waals surface area (Å²) in [5.74, 6) is -0.358. The van der Waals surface area contributed by atoms with E-state index < -0.39 is 0 Å². The highest BCUT2D eigenvalue weighted by Gasteiger charge is 2.24. The number of hydrogen-bond acceptors (Lipinski definition) is 4. The van der Waals surface area contributed by atoms with E-state index in [2.05, 4.69) is 46.5 Å². The molecule has 6 nitrogen and oxygen atoms in total. The summed E-state index contributed by atoms with van der Waals surface area (Å²) in [5, 5.41) is 5.70. The predicted molar refractivity (Wildman–Crippen MR) is 122 cm³/mol. The first kappa shape index (κ1) is 21.8. The van der Waals surface area contributed by atoms with Crippen molar-refractivity contribution in [2.24, 2.45) is 0 Å². The van der Waals surface area contributed by atoms with Crippen molar-refractivity contribution < 1.29 is 9.59 Å². The summed E-state index contributed by atoms with van der Waals surface area (Å²) in [4.78, 5) is 29.3. The SMILES string of the molecule is Cc1cc(C)c(NC(=O)CNC(=O)CN2Cc3ccccc3N(C)C[C@@H]2C)c(C)c1. The van der Waals surface area contributed by atoms with Crippen LogP contribution >= 0.6 is 0 Å². The lowest BCUT2D eigenvalue weighted by molar-refractivity contribution is -0.125. The molecule has 0 saturated heterocycles. The van der Waals surface area contributed by atoms with E-state index in [1.165, 1.54) is 11.3 Å². The molecule has 3 rings (SSSR count). The molecule has 0 aliphatic carbocycles.